The summed E-state index contributed by atoms with van der Waals surface area (Å²) in [6.07, 6.45) is 0.993. The van der Waals surface area contributed by atoms with Crippen LogP contribution in [0.4, 0.5) is 5.69 Å². The highest BCUT2D eigenvalue weighted by atomic mass is 79.9. The van der Waals surface area contributed by atoms with Crippen molar-refractivity contribution in [3.63, 3.8) is 0 Å². The molecule has 0 heterocycles. The Labute approximate surface area is 203 Å². The second-order valence-corrected chi connectivity index (χ2v) is 10.4. The molecular formula is C23H28BrN3O5S. The third-order valence-corrected chi connectivity index (χ3v) is 6.61. The van der Waals surface area contributed by atoms with Crippen molar-refractivity contribution in [2.45, 2.75) is 33.4 Å². The lowest BCUT2D eigenvalue weighted by molar-refractivity contribution is -0.139. The first-order valence-corrected chi connectivity index (χ1v) is 13.0. The van der Waals surface area contributed by atoms with E-state index in [9.17, 15) is 22.8 Å². The van der Waals surface area contributed by atoms with Crippen LogP contribution in [0.15, 0.2) is 53.0 Å². The van der Waals surface area contributed by atoms with E-state index in [1.807, 2.05) is 24.3 Å². The molecule has 0 fully saturated rings. The zero-order valence-electron chi connectivity index (χ0n) is 19.0. The van der Waals surface area contributed by atoms with Crippen molar-refractivity contribution in [2.75, 3.05) is 23.7 Å². The first-order valence-electron chi connectivity index (χ1n) is 10.3. The van der Waals surface area contributed by atoms with Gasteiger partial charge in [-0.2, -0.15) is 0 Å². The summed E-state index contributed by atoms with van der Waals surface area (Å²) >= 11 is 3.40. The molecule has 2 aromatic carbocycles. The van der Waals surface area contributed by atoms with Gasteiger partial charge in [0.15, 0.2) is 5.78 Å². The third-order valence-electron chi connectivity index (χ3n) is 4.98. The van der Waals surface area contributed by atoms with Crippen LogP contribution in [0, 0.1) is 0 Å². The number of halogens is 1. The Hall–Kier alpha value is -2.72. The second-order valence-electron chi connectivity index (χ2n) is 7.60. The number of nitrogens with one attached hydrogen (secondary N) is 1. The number of nitrogens with zero attached hydrogens (tertiary/aromatic N) is 2. The van der Waals surface area contributed by atoms with Gasteiger partial charge in [-0.3, -0.25) is 18.7 Å². The third kappa shape index (κ3) is 7.40. The highest BCUT2D eigenvalue weighted by Crippen LogP contribution is 2.21. The van der Waals surface area contributed by atoms with Crippen molar-refractivity contribution in [1.82, 2.24) is 10.2 Å². The molecule has 1 atom stereocenters. The molecule has 0 saturated carbocycles. The quantitative estimate of drug-likeness (QED) is 0.469. The van der Waals surface area contributed by atoms with E-state index < -0.39 is 28.5 Å². The van der Waals surface area contributed by atoms with Crippen LogP contribution in [0.2, 0.25) is 0 Å². The molecular weight excluding hydrogens is 510 g/mol. The number of ketones is 1. The number of sulfonamides is 1. The van der Waals surface area contributed by atoms with Crippen LogP contribution in [0.1, 0.15) is 36.7 Å². The van der Waals surface area contributed by atoms with Crippen molar-refractivity contribution in [1.29, 1.82) is 0 Å². The lowest BCUT2D eigenvalue weighted by Crippen LogP contribution is -2.51. The Morgan fingerprint density at radius 3 is 2.33 bits per heavy atom. The first-order chi connectivity index (χ1) is 15.4. The Bertz CT molecular complexity index is 1140. The number of amides is 2. The fourth-order valence-electron chi connectivity index (χ4n) is 3.23. The van der Waals surface area contributed by atoms with Gasteiger partial charge in [-0.25, -0.2) is 8.42 Å². The van der Waals surface area contributed by atoms with Crippen LogP contribution in [0.3, 0.4) is 0 Å². The maximum atomic E-state index is 13.4. The summed E-state index contributed by atoms with van der Waals surface area (Å²) in [5.41, 5.74) is 1.31. The van der Waals surface area contributed by atoms with Crippen LogP contribution in [-0.4, -0.2) is 56.3 Å². The summed E-state index contributed by atoms with van der Waals surface area (Å²) in [5, 5.41) is 2.70. The molecule has 0 radical (unpaired) electrons. The maximum Gasteiger partial charge on any atom is 0.244 e. The average molecular weight is 538 g/mol. The Balaban J connectivity index is 2.42. The number of rotatable bonds is 10. The van der Waals surface area contributed by atoms with Crippen molar-refractivity contribution in [3.8, 4) is 0 Å². The molecule has 0 bridgehead atoms. The lowest BCUT2D eigenvalue weighted by atomic mass is 10.1. The summed E-state index contributed by atoms with van der Waals surface area (Å²) in [6, 6.07) is 12.6. The van der Waals surface area contributed by atoms with E-state index in [0.29, 0.717) is 12.1 Å². The molecule has 10 heteroatoms. The van der Waals surface area contributed by atoms with Gasteiger partial charge in [0.05, 0.1) is 11.9 Å². The Kier molecular flexibility index (Phi) is 9.18. The molecule has 2 amide bonds. The van der Waals surface area contributed by atoms with E-state index in [1.54, 1.807) is 26.0 Å². The number of hydrogen-bond donors (Lipinski definition) is 1. The standard InChI is InChI=1S/C23H28BrN3O5S/c1-5-25-23(30)16(2)26(14-18-8-6-10-20(24)12-18)22(29)15-27(33(4,31)32)21-11-7-9-19(13-21)17(3)28/h6-13,16H,5,14-15H2,1-4H3,(H,25,30). The van der Waals surface area contributed by atoms with Crippen molar-refractivity contribution in [3.05, 3.63) is 64.1 Å². The minimum atomic E-state index is -3.86. The summed E-state index contributed by atoms with van der Waals surface area (Å²) in [5.74, 6) is -1.12. The second kappa shape index (κ2) is 11.4. The van der Waals surface area contributed by atoms with E-state index in [1.165, 1.54) is 24.0 Å². The van der Waals surface area contributed by atoms with E-state index in [0.717, 1.165) is 20.6 Å². The van der Waals surface area contributed by atoms with Gasteiger partial charge >= 0.3 is 0 Å². The fraction of sp³-hybridized carbons (Fsp3) is 0.348. The molecule has 0 aliphatic rings. The van der Waals surface area contributed by atoms with Gasteiger partial charge in [0.1, 0.15) is 12.6 Å². The molecule has 2 aromatic rings. The predicted molar refractivity (Wildman–Crippen MR) is 131 cm³/mol. The minimum Gasteiger partial charge on any atom is -0.355 e. The number of carbonyl (C=O) groups excluding carboxylic acids is 3. The largest absolute Gasteiger partial charge is 0.355 e. The Morgan fingerprint density at radius 2 is 1.76 bits per heavy atom. The van der Waals surface area contributed by atoms with Gasteiger partial charge in [0.2, 0.25) is 21.8 Å². The number of Topliss-reactive ketones (excluding diaryl/α,β-unsaturated/α-hetero) is 1. The minimum absolute atomic E-state index is 0.113. The van der Waals surface area contributed by atoms with Crippen LogP contribution >= 0.6 is 15.9 Å². The molecule has 1 unspecified atom stereocenters. The molecule has 0 saturated heterocycles. The summed E-state index contributed by atoms with van der Waals surface area (Å²) in [7, 11) is -3.86. The van der Waals surface area contributed by atoms with Crippen molar-refractivity contribution in [2.24, 2.45) is 0 Å². The smallest absolute Gasteiger partial charge is 0.244 e. The van der Waals surface area contributed by atoms with Crippen LogP contribution in [-0.2, 0) is 26.2 Å². The van der Waals surface area contributed by atoms with E-state index in [4.69, 9.17) is 0 Å². The zero-order valence-corrected chi connectivity index (χ0v) is 21.4. The predicted octanol–water partition coefficient (Wildman–Crippen LogP) is 2.97. The number of carbonyl (C=O) groups is 3. The summed E-state index contributed by atoms with van der Waals surface area (Å²) < 4.78 is 26.9. The molecule has 1 N–H and O–H groups in total. The highest BCUT2D eigenvalue weighted by molar-refractivity contribution is 9.10. The first kappa shape index (κ1) is 26.5. The lowest BCUT2D eigenvalue weighted by Gasteiger charge is -2.31. The SMILES string of the molecule is CCNC(=O)C(C)N(Cc1cccc(Br)c1)C(=O)CN(c1cccc(C(C)=O)c1)S(C)(=O)=O. The van der Waals surface area contributed by atoms with Gasteiger partial charge < -0.3 is 10.2 Å². The number of hydrogen-bond acceptors (Lipinski definition) is 5. The summed E-state index contributed by atoms with van der Waals surface area (Å²) in [6.45, 7) is 4.75. The van der Waals surface area contributed by atoms with Gasteiger partial charge in [-0.15, -0.1) is 0 Å². The van der Waals surface area contributed by atoms with Gasteiger partial charge in [0.25, 0.3) is 0 Å². The van der Waals surface area contributed by atoms with E-state index >= 15 is 0 Å². The zero-order chi connectivity index (χ0) is 24.8. The van der Waals surface area contributed by atoms with Gasteiger partial charge in [-0.1, -0.05) is 40.2 Å². The van der Waals surface area contributed by atoms with Crippen molar-refractivity contribution < 1.29 is 22.8 Å². The summed E-state index contributed by atoms with van der Waals surface area (Å²) in [4.78, 5) is 39.0. The molecule has 8 nitrogen and oxygen atoms in total. The molecule has 0 aromatic heterocycles. The monoisotopic (exact) mass is 537 g/mol. The molecule has 0 aliphatic carbocycles. The highest BCUT2D eigenvalue weighted by Gasteiger charge is 2.30. The van der Waals surface area contributed by atoms with Gasteiger partial charge in [-0.05, 0) is 50.6 Å². The number of anilines is 1. The molecule has 0 aliphatic heterocycles. The van der Waals surface area contributed by atoms with Crippen LogP contribution < -0.4 is 9.62 Å². The molecule has 178 valence electrons. The fourth-order valence-corrected chi connectivity index (χ4v) is 4.52. The molecule has 0 spiro atoms. The van der Waals surface area contributed by atoms with Gasteiger partial charge in [0, 0.05) is 23.1 Å². The Morgan fingerprint density at radius 1 is 1.09 bits per heavy atom. The van der Waals surface area contributed by atoms with Crippen LogP contribution in [0.25, 0.3) is 0 Å². The average Bonchev–Trinajstić information content (AvgIpc) is 2.74. The normalized spacial score (nSPS) is 12.0. The molecule has 2 rings (SSSR count). The number of benzene rings is 2. The number of likely N-dealkylation sites (N-methyl/N-ethyl adjacent to an activating group) is 1. The molecule has 33 heavy (non-hydrogen) atoms. The van der Waals surface area contributed by atoms with E-state index in [2.05, 4.69) is 21.2 Å². The van der Waals surface area contributed by atoms with E-state index in [-0.39, 0.29) is 23.9 Å². The topological polar surface area (TPSA) is 104 Å². The maximum absolute atomic E-state index is 13.4. The van der Waals surface area contributed by atoms with Crippen molar-refractivity contribution >= 4 is 49.2 Å². The van der Waals surface area contributed by atoms with Crippen LogP contribution in [0.5, 0.6) is 0 Å².